The summed E-state index contributed by atoms with van der Waals surface area (Å²) in [4.78, 5) is 0. The van der Waals surface area contributed by atoms with Crippen LogP contribution >= 0.6 is 0 Å². The van der Waals surface area contributed by atoms with E-state index in [0.29, 0.717) is 5.56 Å². The largest absolute Gasteiger partial charge is 0.416 e. The van der Waals surface area contributed by atoms with Crippen molar-refractivity contribution in [1.82, 2.24) is 0 Å². The van der Waals surface area contributed by atoms with Crippen molar-refractivity contribution in [1.29, 1.82) is 0 Å². The second kappa shape index (κ2) is 5.54. The van der Waals surface area contributed by atoms with E-state index in [-0.39, 0.29) is 12.0 Å². The SMILES string of the molecule is CC.NC1CCC1c1ccccc1C(F)(F)F. The van der Waals surface area contributed by atoms with Gasteiger partial charge in [-0.1, -0.05) is 32.0 Å². The van der Waals surface area contributed by atoms with Gasteiger partial charge < -0.3 is 5.73 Å². The van der Waals surface area contributed by atoms with Crippen LogP contribution < -0.4 is 5.73 Å². The second-order valence-electron chi connectivity index (χ2n) is 3.93. The smallest absolute Gasteiger partial charge is 0.327 e. The van der Waals surface area contributed by atoms with E-state index in [4.69, 9.17) is 5.73 Å². The van der Waals surface area contributed by atoms with Gasteiger partial charge >= 0.3 is 6.18 Å². The van der Waals surface area contributed by atoms with E-state index >= 15 is 0 Å². The summed E-state index contributed by atoms with van der Waals surface area (Å²) in [5, 5.41) is 0. The van der Waals surface area contributed by atoms with Gasteiger partial charge in [-0.25, -0.2) is 0 Å². The van der Waals surface area contributed by atoms with Crippen LogP contribution in [0.4, 0.5) is 13.2 Å². The van der Waals surface area contributed by atoms with Crippen molar-refractivity contribution in [2.24, 2.45) is 5.73 Å². The normalized spacial score (nSPS) is 23.4. The molecule has 0 spiro atoms. The summed E-state index contributed by atoms with van der Waals surface area (Å²) in [6.07, 6.45) is -2.70. The molecule has 1 aromatic rings. The van der Waals surface area contributed by atoms with E-state index in [1.165, 1.54) is 12.1 Å². The topological polar surface area (TPSA) is 26.0 Å². The fourth-order valence-electron chi connectivity index (χ4n) is 1.99. The number of nitrogens with two attached hydrogens (primary N) is 1. The van der Waals surface area contributed by atoms with Gasteiger partial charge in [-0.05, 0) is 30.4 Å². The molecule has 1 saturated carbocycles. The molecular weight excluding hydrogens is 227 g/mol. The summed E-state index contributed by atoms with van der Waals surface area (Å²) < 4.78 is 38.0. The van der Waals surface area contributed by atoms with Crippen molar-refractivity contribution < 1.29 is 13.2 Å². The Morgan fingerprint density at radius 1 is 1.12 bits per heavy atom. The van der Waals surface area contributed by atoms with Gasteiger partial charge in [-0.15, -0.1) is 0 Å². The minimum absolute atomic E-state index is 0.117. The summed E-state index contributed by atoms with van der Waals surface area (Å²) in [6.45, 7) is 4.00. The van der Waals surface area contributed by atoms with Crippen LogP contribution in [-0.2, 0) is 6.18 Å². The number of halogens is 3. The van der Waals surface area contributed by atoms with E-state index < -0.39 is 11.7 Å². The number of hydrogen-bond acceptors (Lipinski definition) is 1. The minimum atomic E-state index is -4.27. The fraction of sp³-hybridized carbons (Fsp3) is 0.538. The highest BCUT2D eigenvalue weighted by Crippen LogP contribution is 2.42. The molecule has 96 valence electrons. The van der Waals surface area contributed by atoms with Crippen LogP contribution in [0, 0.1) is 0 Å². The average molecular weight is 245 g/mol. The lowest BCUT2D eigenvalue weighted by Gasteiger charge is -2.35. The first kappa shape index (κ1) is 14.0. The molecule has 0 saturated heterocycles. The number of rotatable bonds is 1. The Balaban J connectivity index is 0.000000686. The molecule has 4 heteroatoms. The van der Waals surface area contributed by atoms with Gasteiger partial charge in [0.1, 0.15) is 0 Å². The Labute approximate surface area is 99.8 Å². The van der Waals surface area contributed by atoms with Gasteiger partial charge in [0.25, 0.3) is 0 Å². The van der Waals surface area contributed by atoms with Crippen LogP contribution in [-0.4, -0.2) is 6.04 Å². The van der Waals surface area contributed by atoms with E-state index in [2.05, 4.69) is 0 Å². The zero-order chi connectivity index (χ0) is 13.1. The molecule has 1 nitrogen and oxygen atoms in total. The maximum absolute atomic E-state index is 12.7. The predicted octanol–water partition coefficient (Wildman–Crippen LogP) is 3.94. The molecule has 2 rings (SSSR count). The third-order valence-corrected chi connectivity index (χ3v) is 2.99. The molecule has 17 heavy (non-hydrogen) atoms. The van der Waals surface area contributed by atoms with Crippen LogP contribution in [0.2, 0.25) is 0 Å². The molecule has 0 radical (unpaired) electrons. The molecule has 0 aromatic heterocycles. The van der Waals surface area contributed by atoms with E-state index in [1.807, 2.05) is 13.8 Å². The van der Waals surface area contributed by atoms with Gasteiger partial charge in [-0.2, -0.15) is 13.2 Å². The molecule has 0 bridgehead atoms. The van der Waals surface area contributed by atoms with E-state index in [0.717, 1.165) is 18.9 Å². The summed E-state index contributed by atoms with van der Waals surface area (Å²) in [7, 11) is 0. The summed E-state index contributed by atoms with van der Waals surface area (Å²) in [5.41, 5.74) is 5.51. The quantitative estimate of drug-likeness (QED) is 0.796. The second-order valence-corrected chi connectivity index (χ2v) is 3.93. The molecule has 2 N–H and O–H groups in total. The zero-order valence-corrected chi connectivity index (χ0v) is 10.1. The first-order valence-electron chi connectivity index (χ1n) is 5.92. The third kappa shape index (κ3) is 3.00. The standard InChI is InChI=1S/C11H12F3N.C2H6/c12-11(13,14)9-4-2-1-3-7(9)8-5-6-10(8)15;1-2/h1-4,8,10H,5-6,15H2;1-2H3. The Kier molecular flexibility index (Phi) is 4.57. The summed E-state index contributed by atoms with van der Waals surface area (Å²) >= 11 is 0. The molecule has 2 atom stereocenters. The predicted molar refractivity (Wildman–Crippen MR) is 62.7 cm³/mol. The van der Waals surface area contributed by atoms with Crippen LogP contribution in [0.1, 0.15) is 43.7 Å². The maximum Gasteiger partial charge on any atom is 0.416 e. The summed E-state index contributed by atoms with van der Waals surface area (Å²) in [6, 6.07) is 5.59. The van der Waals surface area contributed by atoms with Crippen LogP contribution in [0.25, 0.3) is 0 Å². The number of hydrogen-bond donors (Lipinski definition) is 1. The molecule has 1 aromatic carbocycles. The van der Waals surface area contributed by atoms with Crippen LogP contribution in [0.5, 0.6) is 0 Å². The van der Waals surface area contributed by atoms with E-state index in [1.54, 1.807) is 6.07 Å². The highest BCUT2D eigenvalue weighted by atomic mass is 19.4. The lowest BCUT2D eigenvalue weighted by Crippen LogP contribution is -2.38. The molecule has 1 aliphatic carbocycles. The van der Waals surface area contributed by atoms with E-state index in [9.17, 15) is 13.2 Å². The highest BCUT2D eigenvalue weighted by molar-refractivity contribution is 5.35. The average Bonchev–Trinajstić information content (AvgIpc) is 2.29. The molecule has 2 unspecified atom stereocenters. The first-order valence-corrected chi connectivity index (χ1v) is 5.92. The Morgan fingerprint density at radius 2 is 1.71 bits per heavy atom. The Hall–Kier alpha value is -1.03. The lowest BCUT2D eigenvalue weighted by atomic mass is 9.74. The Morgan fingerprint density at radius 3 is 2.12 bits per heavy atom. The van der Waals surface area contributed by atoms with Crippen molar-refractivity contribution in [2.75, 3.05) is 0 Å². The number of alkyl halides is 3. The molecule has 0 aliphatic heterocycles. The van der Waals surface area contributed by atoms with Gasteiger partial charge in [0.15, 0.2) is 0 Å². The zero-order valence-electron chi connectivity index (χ0n) is 10.1. The molecular formula is C13H18F3N. The van der Waals surface area contributed by atoms with Gasteiger partial charge in [0.05, 0.1) is 5.56 Å². The van der Waals surface area contributed by atoms with Crippen LogP contribution in [0.3, 0.4) is 0 Å². The lowest BCUT2D eigenvalue weighted by molar-refractivity contribution is -0.138. The van der Waals surface area contributed by atoms with Gasteiger partial charge in [0, 0.05) is 6.04 Å². The minimum Gasteiger partial charge on any atom is -0.327 e. The fourth-order valence-corrected chi connectivity index (χ4v) is 1.99. The highest BCUT2D eigenvalue weighted by Gasteiger charge is 2.38. The van der Waals surface area contributed by atoms with Crippen molar-refractivity contribution in [3.63, 3.8) is 0 Å². The summed E-state index contributed by atoms with van der Waals surface area (Å²) in [5.74, 6) is -0.122. The van der Waals surface area contributed by atoms with Crippen molar-refractivity contribution in [2.45, 2.75) is 44.8 Å². The van der Waals surface area contributed by atoms with Crippen molar-refractivity contribution >= 4 is 0 Å². The molecule has 1 fully saturated rings. The first-order chi connectivity index (χ1) is 8.00. The number of benzene rings is 1. The molecule has 1 aliphatic rings. The van der Waals surface area contributed by atoms with Gasteiger partial charge in [-0.3, -0.25) is 0 Å². The monoisotopic (exact) mass is 245 g/mol. The Bertz CT molecular complexity index is 360. The third-order valence-electron chi connectivity index (χ3n) is 2.99. The molecule has 0 heterocycles. The van der Waals surface area contributed by atoms with Crippen molar-refractivity contribution in [3.05, 3.63) is 35.4 Å². The molecule has 0 amide bonds. The maximum atomic E-state index is 12.7. The van der Waals surface area contributed by atoms with Gasteiger partial charge in [0.2, 0.25) is 0 Å². The van der Waals surface area contributed by atoms with Crippen LogP contribution in [0.15, 0.2) is 24.3 Å². The van der Waals surface area contributed by atoms with Crippen molar-refractivity contribution in [3.8, 4) is 0 Å².